The molecule has 1 aromatic heterocycles. The van der Waals surface area contributed by atoms with Gasteiger partial charge in [-0.25, -0.2) is 15.0 Å². The highest BCUT2D eigenvalue weighted by Gasteiger charge is 2.31. The molecule has 1 aromatic carbocycles. The van der Waals surface area contributed by atoms with Gasteiger partial charge >= 0.3 is 6.18 Å². The molecule has 28 heavy (non-hydrogen) atoms. The van der Waals surface area contributed by atoms with Crippen molar-refractivity contribution in [3.8, 4) is 5.69 Å². The third-order valence-electron chi connectivity index (χ3n) is 4.64. The summed E-state index contributed by atoms with van der Waals surface area (Å²) in [4.78, 5) is 17.5. The van der Waals surface area contributed by atoms with Gasteiger partial charge in [-0.3, -0.25) is 4.79 Å². The molecule has 3 rings (SSSR count). The van der Waals surface area contributed by atoms with E-state index in [1.165, 1.54) is 10.7 Å². The van der Waals surface area contributed by atoms with Crippen molar-refractivity contribution >= 4 is 5.91 Å². The summed E-state index contributed by atoms with van der Waals surface area (Å²) in [5.74, 6) is -0.371. The molecular weight excluding hydrogens is 375 g/mol. The maximum atomic E-state index is 13.0. The first-order chi connectivity index (χ1) is 13.3. The van der Waals surface area contributed by atoms with E-state index in [2.05, 4.69) is 10.6 Å². The highest BCUT2D eigenvalue weighted by molar-refractivity contribution is 5.78. The topological polar surface area (TPSA) is 65.4 Å². The van der Waals surface area contributed by atoms with Gasteiger partial charge in [0.05, 0.1) is 23.4 Å². The fraction of sp³-hybridized carbons (Fsp3) is 0.474. The first-order valence-corrected chi connectivity index (χ1v) is 9.04. The number of nitrogens with one attached hydrogen (secondary N) is 1. The molecule has 0 bridgehead atoms. The number of carbonyl (C=O) groups excluding carboxylic acids is 1. The van der Waals surface area contributed by atoms with Gasteiger partial charge in [0, 0.05) is 24.3 Å². The zero-order valence-electron chi connectivity index (χ0n) is 15.7. The Morgan fingerprint density at radius 1 is 1.36 bits per heavy atom. The number of hydrogen-bond acceptors (Lipinski definition) is 4. The second-order valence-corrected chi connectivity index (χ2v) is 6.73. The van der Waals surface area contributed by atoms with Gasteiger partial charge in [0.2, 0.25) is 5.91 Å². The fourth-order valence-electron chi connectivity index (χ4n) is 3.13. The molecular formula is C19H22F3N3O3. The summed E-state index contributed by atoms with van der Waals surface area (Å²) >= 11 is 0. The molecule has 1 unspecified atom stereocenters. The van der Waals surface area contributed by atoms with Crippen LogP contribution < -0.4 is 5.48 Å². The number of alkyl halides is 3. The van der Waals surface area contributed by atoms with E-state index >= 15 is 0 Å². The maximum Gasteiger partial charge on any atom is 0.416 e. The summed E-state index contributed by atoms with van der Waals surface area (Å²) in [6.45, 7) is 4.03. The average Bonchev–Trinajstić information content (AvgIpc) is 2.95. The lowest BCUT2D eigenvalue weighted by Crippen LogP contribution is -2.34. The molecule has 0 aliphatic carbocycles. The van der Waals surface area contributed by atoms with Crippen LogP contribution in [0.15, 0.2) is 24.3 Å². The van der Waals surface area contributed by atoms with Crippen molar-refractivity contribution in [1.82, 2.24) is 15.3 Å². The van der Waals surface area contributed by atoms with Gasteiger partial charge in [-0.1, -0.05) is 6.07 Å². The van der Waals surface area contributed by atoms with Crippen LogP contribution in [0.4, 0.5) is 13.2 Å². The molecule has 1 atom stereocenters. The first-order valence-electron chi connectivity index (χ1n) is 9.04. The molecule has 1 aliphatic rings. The maximum absolute atomic E-state index is 13.0. The average molecular weight is 397 g/mol. The fourth-order valence-corrected chi connectivity index (χ4v) is 3.13. The molecule has 1 fully saturated rings. The molecule has 1 saturated heterocycles. The predicted molar refractivity (Wildman–Crippen MR) is 94.6 cm³/mol. The van der Waals surface area contributed by atoms with Crippen molar-refractivity contribution in [1.29, 1.82) is 0 Å². The van der Waals surface area contributed by atoms with Crippen molar-refractivity contribution in [2.24, 2.45) is 0 Å². The van der Waals surface area contributed by atoms with Gasteiger partial charge in [0.15, 0.2) is 6.29 Å². The molecule has 1 amide bonds. The SMILES string of the molecule is Cc1nn(-c2cccc(C(F)(F)F)c2)c(C)c1CC(=O)NOC1CCCCO1. The summed E-state index contributed by atoms with van der Waals surface area (Å²) in [5.41, 5.74) is 3.73. The van der Waals surface area contributed by atoms with Crippen LogP contribution in [0, 0.1) is 13.8 Å². The second-order valence-electron chi connectivity index (χ2n) is 6.73. The molecule has 2 heterocycles. The van der Waals surface area contributed by atoms with E-state index in [1.54, 1.807) is 19.9 Å². The number of amides is 1. The molecule has 9 heteroatoms. The molecule has 0 saturated carbocycles. The van der Waals surface area contributed by atoms with Crippen molar-refractivity contribution in [3.63, 3.8) is 0 Å². The Hall–Kier alpha value is -2.39. The Morgan fingerprint density at radius 3 is 2.82 bits per heavy atom. The predicted octanol–water partition coefficient (Wildman–Crippen LogP) is 3.62. The third-order valence-corrected chi connectivity index (χ3v) is 4.64. The van der Waals surface area contributed by atoms with E-state index in [1.807, 2.05) is 0 Å². The van der Waals surface area contributed by atoms with Crippen molar-refractivity contribution in [3.05, 3.63) is 46.8 Å². The zero-order chi connectivity index (χ0) is 20.3. The summed E-state index contributed by atoms with van der Waals surface area (Å²) < 4.78 is 45.7. The van der Waals surface area contributed by atoms with Crippen LogP contribution in [-0.4, -0.2) is 28.6 Å². The van der Waals surface area contributed by atoms with Gasteiger partial charge in [0.25, 0.3) is 0 Å². The Balaban J connectivity index is 1.72. The lowest BCUT2D eigenvalue weighted by Gasteiger charge is -2.22. The molecule has 6 nitrogen and oxygen atoms in total. The van der Waals surface area contributed by atoms with Crippen LogP contribution in [0.2, 0.25) is 0 Å². The molecule has 1 aliphatic heterocycles. The first kappa shape index (κ1) is 20.3. The van der Waals surface area contributed by atoms with Crippen LogP contribution >= 0.6 is 0 Å². The van der Waals surface area contributed by atoms with Crippen LogP contribution in [-0.2, 0) is 27.0 Å². The number of benzene rings is 1. The van der Waals surface area contributed by atoms with Gasteiger partial charge in [-0.2, -0.15) is 18.3 Å². The number of hydroxylamine groups is 1. The number of nitrogens with zero attached hydrogens (tertiary/aromatic N) is 2. The Labute approximate surface area is 160 Å². The van der Waals surface area contributed by atoms with E-state index in [4.69, 9.17) is 9.57 Å². The molecule has 0 radical (unpaired) electrons. The molecule has 152 valence electrons. The number of rotatable bonds is 5. The van der Waals surface area contributed by atoms with Gasteiger partial charge < -0.3 is 4.74 Å². The quantitative estimate of drug-likeness (QED) is 0.783. The van der Waals surface area contributed by atoms with Crippen LogP contribution in [0.5, 0.6) is 0 Å². The van der Waals surface area contributed by atoms with E-state index in [0.29, 0.717) is 30.0 Å². The van der Waals surface area contributed by atoms with Crippen molar-refractivity contribution in [2.75, 3.05) is 6.61 Å². The van der Waals surface area contributed by atoms with E-state index < -0.39 is 18.0 Å². The van der Waals surface area contributed by atoms with Crippen molar-refractivity contribution in [2.45, 2.75) is 52.0 Å². The van der Waals surface area contributed by atoms with E-state index in [0.717, 1.165) is 25.0 Å². The van der Waals surface area contributed by atoms with Gasteiger partial charge in [-0.15, -0.1) is 0 Å². The molecule has 2 aromatic rings. The lowest BCUT2D eigenvalue weighted by atomic mass is 10.1. The number of carbonyl (C=O) groups is 1. The Bertz CT molecular complexity index is 843. The standard InChI is InChI=1S/C19H22F3N3O3/c1-12-16(11-17(26)24-28-18-8-3-4-9-27-18)13(2)25(23-12)15-7-5-6-14(10-15)19(20,21)22/h5-7,10,18H,3-4,8-9,11H2,1-2H3,(H,24,26). The largest absolute Gasteiger partial charge is 0.416 e. The smallest absolute Gasteiger partial charge is 0.350 e. The van der Waals surface area contributed by atoms with E-state index in [9.17, 15) is 18.0 Å². The highest BCUT2D eigenvalue weighted by Crippen LogP contribution is 2.31. The zero-order valence-corrected chi connectivity index (χ0v) is 15.7. The van der Waals surface area contributed by atoms with Crippen molar-refractivity contribution < 1.29 is 27.5 Å². The third kappa shape index (κ3) is 4.71. The summed E-state index contributed by atoms with van der Waals surface area (Å²) in [7, 11) is 0. The minimum absolute atomic E-state index is 0.00332. The summed E-state index contributed by atoms with van der Waals surface area (Å²) in [5, 5.41) is 4.31. The number of aryl methyl sites for hydroxylation is 1. The monoisotopic (exact) mass is 397 g/mol. The Kier molecular flexibility index (Phi) is 6.04. The molecule has 1 N–H and O–H groups in total. The normalized spacial score (nSPS) is 17.5. The van der Waals surface area contributed by atoms with Crippen LogP contribution in [0.1, 0.15) is 41.8 Å². The number of ether oxygens (including phenoxy) is 1. The second kappa shape index (κ2) is 8.32. The number of hydrogen-bond donors (Lipinski definition) is 1. The van der Waals surface area contributed by atoms with Crippen LogP contribution in [0.3, 0.4) is 0 Å². The van der Waals surface area contributed by atoms with Gasteiger partial charge in [0.1, 0.15) is 0 Å². The highest BCUT2D eigenvalue weighted by atomic mass is 19.4. The summed E-state index contributed by atoms with van der Waals surface area (Å²) in [6.07, 6.45) is -2.22. The van der Waals surface area contributed by atoms with Crippen LogP contribution in [0.25, 0.3) is 5.69 Å². The minimum atomic E-state index is -4.44. The summed E-state index contributed by atoms with van der Waals surface area (Å²) in [6, 6.07) is 4.92. The minimum Gasteiger partial charge on any atom is -0.350 e. The molecule has 0 spiro atoms. The lowest BCUT2D eigenvalue weighted by molar-refractivity contribution is -0.200. The van der Waals surface area contributed by atoms with E-state index in [-0.39, 0.29) is 18.0 Å². The number of halogens is 3. The Morgan fingerprint density at radius 2 is 2.14 bits per heavy atom. The van der Waals surface area contributed by atoms with Gasteiger partial charge in [-0.05, 0) is 44.9 Å². The number of aromatic nitrogens is 2.